The number of halogens is 2. The Hall–Kier alpha value is -1.99. The summed E-state index contributed by atoms with van der Waals surface area (Å²) in [6.45, 7) is 7.32. The van der Waals surface area contributed by atoms with Crippen LogP contribution >= 0.6 is 12.4 Å². The van der Waals surface area contributed by atoms with E-state index in [0.29, 0.717) is 23.3 Å². The molecule has 140 valence electrons. The van der Waals surface area contributed by atoms with E-state index in [0.717, 1.165) is 26.2 Å². The highest BCUT2D eigenvalue weighted by Crippen LogP contribution is 2.27. The zero-order chi connectivity index (χ0) is 17.6. The van der Waals surface area contributed by atoms with Gasteiger partial charge in [-0.3, -0.25) is 4.79 Å². The van der Waals surface area contributed by atoms with Crippen molar-refractivity contribution in [2.24, 2.45) is 11.8 Å². The van der Waals surface area contributed by atoms with Gasteiger partial charge >= 0.3 is 0 Å². The second-order valence-corrected chi connectivity index (χ2v) is 7.20. The fourth-order valence-electron chi connectivity index (χ4n) is 3.75. The van der Waals surface area contributed by atoms with Crippen LogP contribution in [-0.4, -0.2) is 51.8 Å². The molecule has 1 amide bonds. The number of carbonyl (C=O) groups excluding carboxylic acids is 1. The Labute approximate surface area is 158 Å². The van der Waals surface area contributed by atoms with Gasteiger partial charge in [0, 0.05) is 32.1 Å². The first-order valence-electron chi connectivity index (χ1n) is 8.76. The first-order valence-corrected chi connectivity index (χ1v) is 8.76. The molecule has 4 rings (SSSR count). The summed E-state index contributed by atoms with van der Waals surface area (Å²) < 4.78 is 15.7. The molecule has 0 radical (unpaired) electrons. The summed E-state index contributed by atoms with van der Waals surface area (Å²) in [5, 5.41) is 7.72. The van der Waals surface area contributed by atoms with Crippen molar-refractivity contribution in [2.75, 3.05) is 26.2 Å². The van der Waals surface area contributed by atoms with Crippen molar-refractivity contribution in [3.8, 4) is 5.69 Å². The monoisotopic (exact) mass is 379 g/mol. The molecule has 0 aliphatic carbocycles. The average Bonchev–Trinajstić information content (AvgIpc) is 3.28. The minimum Gasteiger partial charge on any atom is -0.335 e. The number of hydrogen-bond donors (Lipinski definition) is 1. The topological polar surface area (TPSA) is 63.1 Å². The van der Waals surface area contributed by atoms with Gasteiger partial charge in [0.1, 0.15) is 17.3 Å². The minimum atomic E-state index is -0.380. The largest absolute Gasteiger partial charge is 0.335 e. The number of carbonyl (C=O) groups is 1. The number of hydrogen-bond acceptors (Lipinski definition) is 4. The van der Waals surface area contributed by atoms with Gasteiger partial charge in [0.25, 0.3) is 5.91 Å². The van der Waals surface area contributed by atoms with Crippen LogP contribution in [0.25, 0.3) is 5.69 Å². The molecule has 2 saturated heterocycles. The van der Waals surface area contributed by atoms with Gasteiger partial charge in [0.2, 0.25) is 5.82 Å². The summed E-state index contributed by atoms with van der Waals surface area (Å²) in [4.78, 5) is 19.1. The summed E-state index contributed by atoms with van der Waals surface area (Å²) in [6, 6.07) is 6.42. The van der Waals surface area contributed by atoms with Crippen LogP contribution in [0.2, 0.25) is 0 Å². The summed E-state index contributed by atoms with van der Waals surface area (Å²) in [5.41, 5.74) is 0.320. The van der Waals surface area contributed by atoms with Gasteiger partial charge in [-0.25, -0.2) is 14.1 Å². The number of nitrogens with zero attached hydrogens (tertiary/aromatic N) is 4. The molecule has 2 aromatic rings. The van der Waals surface area contributed by atoms with Crippen LogP contribution in [0.3, 0.4) is 0 Å². The average molecular weight is 380 g/mol. The minimum absolute atomic E-state index is 0. The molecule has 2 aliphatic heterocycles. The number of benzene rings is 1. The van der Waals surface area contributed by atoms with Crippen LogP contribution in [0.5, 0.6) is 0 Å². The summed E-state index contributed by atoms with van der Waals surface area (Å²) in [5.74, 6) is 1.26. The fourth-order valence-corrected chi connectivity index (χ4v) is 3.75. The lowest BCUT2D eigenvalue weighted by molar-refractivity contribution is 0.0769. The van der Waals surface area contributed by atoms with Gasteiger partial charge in [0.15, 0.2) is 0 Å². The van der Waals surface area contributed by atoms with E-state index in [4.69, 9.17) is 0 Å². The maximum Gasteiger partial charge on any atom is 0.293 e. The number of likely N-dealkylation sites (tertiary alicyclic amines) is 1. The maximum absolute atomic E-state index is 14.2. The molecule has 2 aliphatic rings. The van der Waals surface area contributed by atoms with Crippen molar-refractivity contribution >= 4 is 18.3 Å². The van der Waals surface area contributed by atoms with Crippen molar-refractivity contribution in [2.45, 2.75) is 19.8 Å². The highest BCUT2D eigenvalue weighted by atomic mass is 35.5. The zero-order valence-corrected chi connectivity index (χ0v) is 15.7. The van der Waals surface area contributed by atoms with E-state index in [-0.39, 0.29) is 35.9 Å². The Kier molecular flexibility index (Phi) is 5.29. The number of nitrogens with one attached hydrogen (secondary N) is 1. The van der Waals surface area contributed by atoms with Crippen LogP contribution in [-0.2, 0) is 0 Å². The Morgan fingerprint density at radius 2 is 1.88 bits per heavy atom. The molecule has 0 unspecified atom stereocenters. The van der Waals surface area contributed by atoms with E-state index in [9.17, 15) is 9.18 Å². The van der Waals surface area contributed by atoms with Gasteiger partial charge in [0.05, 0.1) is 0 Å². The molecule has 3 heterocycles. The number of para-hydroxylation sites is 1. The molecule has 2 fully saturated rings. The lowest BCUT2D eigenvalue weighted by Crippen LogP contribution is -2.32. The summed E-state index contributed by atoms with van der Waals surface area (Å²) in [7, 11) is 0. The molecule has 1 N–H and O–H groups in total. The molecule has 2 atom stereocenters. The third-order valence-corrected chi connectivity index (χ3v) is 5.10. The molecule has 6 nitrogen and oxygen atoms in total. The van der Waals surface area contributed by atoms with E-state index >= 15 is 0 Å². The molecule has 1 aromatic heterocycles. The Balaban J connectivity index is 0.00000196. The SMILES string of the molecule is CC(C)c1nc(C(=O)N2C[C@H]3CNC[C@H]3C2)nn1-c1ccccc1F.Cl. The van der Waals surface area contributed by atoms with E-state index < -0.39 is 0 Å². The quantitative estimate of drug-likeness (QED) is 0.888. The van der Waals surface area contributed by atoms with Gasteiger partial charge < -0.3 is 10.2 Å². The van der Waals surface area contributed by atoms with Gasteiger partial charge in [-0.2, -0.15) is 0 Å². The normalized spacial score (nSPS) is 21.8. The second-order valence-electron chi connectivity index (χ2n) is 7.20. The van der Waals surface area contributed by atoms with E-state index in [1.165, 1.54) is 10.7 Å². The third-order valence-electron chi connectivity index (χ3n) is 5.10. The number of rotatable bonds is 3. The first-order chi connectivity index (χ1) is 12.0. The van der Waals surface area contributed by atoms with E-state index in [1.807, 2.05) is 18.7 Å². The lowest BCUT2D eigenvalue weighted by Gasteiger charge is -2.15. The molecule has 0 spiro atoms. The smallest absolute Gasteiger partial charge is 0.293 e. The molecule has 1 aromatic carbocycles. The predicted molar refractivity (Wildman–Crippen MR) is 98.4 cm³/mol. The zero-order valence-electron chi connectivity index (χ0n) is 14.9. The highest BCUT2D eigenvalue weighted by Gasteiger charge is 2.39. The molecule has 0 bridgehead atoms. The van der Waals surface area contributed by atoms with Crippen molar-refractivity contribution in [3.63, 3.8) is 0 Å². The lowest BCUT2D eigenvalue weighted by atomic mass is 10.0. The highest BCUT2D eigenvalue weighted by molar-refractivity contribution is 5.90. The number of fused-ring (bicyclic) bond motifs is 1. The molecular weight excluding hydrogens is 357 g/mol. The molecule has 26 heavy (non-hydrogen) atoms. The molecule has 0 saturated carbocycles. The van der Waals surface area contributed by atoms with Crippen LogP contribution in [0, 0.1) is 17.7 Å². The summed E-state index contributed by atoms with van der Waals surface area (Å²) >= 11 is 0. The van der Waals surface area contributed by atoms with Gasteiger partial charge in [-0.1, -0.05) is 26.0 Å². The Morgan fingerprint density at radius 1 is 1.23 bits per heavy atom. The van der Waals surface area contributed by atoms with Gasteiger partial charge in [-0.15, -0.1) is 17.5 Å². The number of aromatic nitrogens is 3. The third kappa shape index (κ3) is 3.21. The van der Waals surface area contributed by atoms with Gasteiger partial charge in [-0.05, 0) is 24.0 Å². The summed E-state index contributed by atoms with van der Waals surface area (Å²) in [6.07, 6.45) is 0. The Bertz CT molecular complexity index is 797. The molecule has 8 heteroatoms. The van der Waals surface area contributed by atoms with Crippen molar-refractivity contribution in [1.29, 1.82) is 0 Å². The second kappa shape index (κ2) is 7.32. The number of amides is 1. The van der Waals surface area contributed by atoms with Crippen molar-refractivity contribution in [1.82, 2.24) is 25.0 Å². The van der Waals surface area contributed by atoms with Crippen LogP contribution in [0.15, 0.2) is 24.3 Å². The van der Waals surface area contributed by atoms with Crippen LogP contribution < -0.4 is 5.32 Å². The van der Waals surface area contributed by atoms with Crippen molar-refractivity contribution in [3.05, 3.63) is 41.7 Å². The van der Waals surface area contributed by atoms with E-state index in [2.05, 4.69) is 15.4 Å². The van der Waals surface area contributed by atoms with Crippen molar-refractivity contribution < 1.29 is 9.18 Å². The fraction of sp³-hybridized carbons (Fsp3) is 0.500. The first kappa shape index (κ1) is 18.8. The van der Waals surface area contributed by atoms with Crippen LogP contribution in [0.4, 0.5) is 4.39 Å². The maximum atomic E-state index is 14.2. The predicted octanol–water partition coefficient (Wildman–Crippen LogP) is 2.24. The van der Waals surface area contributed by atoms with E-state index in [1.54, 1.807) is 18.2 Å². The Morgan fingerprint density at radius 3 is 2.50 bits per heavy atom. The standard InChI is InChI=1S/C18H22FN5O.ClH/c1-11(2)17-21-16(22-24(17)15-6-4-3-5-14(15)19)18(25)23-9-12-7-20-8-13(12)10-23;/h3-6,11-13,20H,7-10H2,1-2H3;1H/t12-,13+;. The van der Waals surface area contributed by atoms with Crippen LogP contribution in [0.1, 0.15) is 36.2 Å². The molecular formula is C18H23ClFN5O.